The van der Waals surface area contributed by atoms with E-state index in [0.717, 1.165) is 16.1 Å². The molecule has 0 atom stereocenters. The smallest absolute Gasteiger partial charge is 0.233 e. The van der Waals surface area contributed by atoms with Crippen molar-refractivity contribution in [1.82, 2.24) is 9.97 Å². The quantitative estimate of drug-likeness (QED) is 0.731. The molecule has 0 aliphatic carbocycles. The van der Waals surface area contributed by atoms with Crippen LogP contribution in [0.3, 0.4) is 0 Å². The molecule has 3 aromatic rings. The Morgan fingerprint density at radius 1 is 1.17 bits per heavy atom. The first-order chi connectivity index (χ1) is 11.5. The normalized spacial score (nSPS) is 11.4. The number of hydrogen-bond acceptors (Lipinski definition) is 5. The molecule has 7 heteroatoms. The molecule has 0 radical (unpaired) electrons. The minimum Gasteiger partial charge on any atom is -0.284 e. The van der Waals surface area contributed by atoms with E-state index in [1.54, 1.807) is 35.7 Å². The van der Waals surface area contributed by atoms with E-state index in [1.165, 1.54) is 0 Å². The Balaban J connectivity index is 1.74. The summed E-state index contributed by atoms with van der Waals surface area (Å²) in [6.07, 6.45) is 2.20. The lowest BCUT2D eigenvalue weighted by molar-refractivity contribution is 0.600. The van der Waals surface area contributed by atoms with Crippen molar-refractivity contribution in [2.75, 3.05) is 10.5 Å². The summed E-state index contributed by atoms with van der Waals surface area (Å²) in [4.78, 5) is 9.50. The van der Waals surface area contributed by atoms with Crippen molar-refractivity contribution in [2.45, 2.75) is 13.3 Å². The first kappa shape index (κ1) is 16.6. The van der Waals surface area contributed by atoms with Crippen LogP contribution in [0.4, 0.5) is 5.69 Å². The van der Waals surface area contributed by atoms with E-state index in [1.807, 2.05) is 36.6 Å². The number of hydrogen-bond donors (Lipinski definition) is 1. The molecule has 3 rings (SSSR count). The Morgan fingerprint density at radius 3 is 2.79 bits per heavy atom. The molecule has 2 aromatic heterocycles. The van der Waals surface area contributed by atoms with Crippen molar-refractivity contribution in [1.29, 1.82) is 0 Å². The Labute approximate surface area is 145 Å². The Kier molecular flexibility index (Phi) is 4.92. The predicted octanol–water partition coefficient (Wildman–Crippen LogP) is 3.50. The summed E-state index contributed by atoms with van der Waals surface area (Å²) in [7, 11) is -3.39. The maximum atomic E-state index is 12.3. The van der Waals surface area contributed by atoms with Crippen LogP contribution in [0.15, 0.2) is 54.0 Å². The molecule has 0 bridgehead atoms. The molecule has 124 valence electrons. The molecule has 0 saturated carbocycles. The molecule has 0 unspecified atom stereocenters. The standard InChI is InChI=1S/C17H17N3O2S2/c1-13-18-9-7-17(19-13)14-4-2-5-15(12-14)20-24(21,22)11-8-16-6-3-10-23-16/h2-7,9-10,12,20H,8,11H2,1H3. The minimum atomic E-state index is -3.39. The number of anilines is 1. The third kappa shape index (κ3) is 4.39. The molecule has 0 spiro atoms. The Bertz CT molecular complexity index is 923. The van der Waals surface area contributed by atoms with Crippen molar-refractivity contribution in [3.63, 3.8) is 0 Å². The van der Waals surface area contributed by atoms with Crippen LogP contribution in [0.1, 0.15) is 10.7 Å². The molecule has 0 aliphatic heterocycles. The number of aryl methyl sites for hydroxylation is 2. The fraction of sp³-hybridized carbons (Fsp3) is 0.176. The summed E-state index contributed by atoms with van der Waals surface area (Å²) in [6.45, 7) is 1.82. The zero-order valence-electron chi connectivity index (χ0n) is 13.1. The molecule has 0 saturated heterocycles. The fourth-order valence-electron chi connectivity index (χ4n) is 2.28. The second-order valence-corrected chi connectivity index (χ2v) is 8.19. The molecule has 24 heavy (non-hydrogen) atoms. The maximum absolute atomic E-state index is 12.3. The lowest BCUT2D eigenvalue weighted by atomic mass is 10.1. The summed E-state index contributed by atoms with van der Waals surface area (Å²) in [6, 6.07) is 12.9. The van der Waals surface area contributed by atoms with Crippen molar-refractivity contribution in [3.05, 3.63) is 64.7 Å². The van der Waals surface area contributed by atoms with Gasteiger partial charge in [-0.1, -0.05) is 18.2 Å². The van der Waals surface area contributed by atoms with E-state index >= 15 is 0 Å². The molecule has 1 N–H and O–H groups in total. The molecule has 0 amide bonds. The van der Waals surface area contributed by atoms with Gasteiger partial charge in [0, 0.05) is 22.3 Å². The molecular formula is C17H17N3O2S2. The first-order valence-electron chi connectivity index (χ1n) is 7.45. The zero-order chi connectivity index (χ0) is 17.0. The monoisotopic (exact) mass is 359 g/mol. The molecule has 2 heterocycles. The number of sulfonamides is 1. The summed E-state index contributed by atoms with van der Waals surface area (Å²) < 4.78 is 27.2. The second kappa shape index (κ2) is 7.11. The summed E-state index contributed by atoms with van der Waals surface area (Å²) in [5.74, 6) is 0.735. The van der Waals surface area contributed by atoms with E-state index in [0.29, 0.717) is 17.9 Å². The molecule has 1 aromatic carbocycles. The van der Waals surface area contributed by atoms with Gasteiger partial charge in [-0.15, -0.1) is 11.3 Å². The van der Waals surface area contributed by atoms with Crippen molar-refractivity contribution in [2.24, 2.45) is 0 Å². The fourth-order valence-corrected chi connectivity index (χ4v) is 4.19. The van der Waals surface area contributed by atoms with Crippen molar-refractivity contribution >= 4 is 27.0 Å². The SMILES string of the molecule is Cc1nccc(-c2cccc(NS(=O)(=O)CCc3cccs3)c2)n1. The third-order valence-corrected chi connectivity index (χ3v) is 5.63. The summed E-state index contributed by atoms with van der Waals surface area (Å²) >= 11 is 1.56. The number of aromatic nitrogens is 2. The van der Waals surface area contributed by atoms with Crippen LogP contribution < -0.4 is 4.72 Å². The highest BCUT2D eigenvalue weighted by molar-refractivity contribution is 7.92. The maximum Gasteiger partial charge on any atom is 0.233 e. The Morgan fingerprint density at radius 2 is 2.04 bits per heavy atom. The van der Waals surface area contributed by atoms with Crippen molar-refractivity contribution < 1.29 is 8.42 Å². The van der Waals surface area contributed by atoms with Gasteiger partial charge in [0.2, 0.25) is 10.0 Å². The third-order valence-electron chi connectivity index (χ3n) is 3.41. The van der Waals surface area contributed by atoms with Crippen molar-refractivity contribution in [3.8, 4) is 11.3 Å². The van der Waals surface area contributed by atoms with Crippen LogP contribution in [-0.4, -0.2) is 24.1 Å². The predicted molar refractivity (Wildman–Crippen MR) is 97.6 cm³/mol. The van der Waals surface area contributed by atoms with Gasteiger partial charge in [0.05, 0.1) is 11.4 Å². The average Bonchev–Trinajstić information content (AvgIpc) is 3.06. The second-order valence-electron chi connectivity index (χ2n) is 5.32. The number of thiophene rings is 1. The van der Waals surface area contributed by atoms with Crippen LogP contribution >= 0.6 is 11.3 Å². The van der Waals surface area contributed by atoms with Gasteiger partial charge in [0.15, 0.2) is 0 Å². The number of nitrogens with one attached hydrogen (secondary N) is 1. The first-order valence-corrected chi connectivity index (χ1v) is 9.98. The van der Waals surface area contributed by atoms with E-state index in [4.69, 9.17) is 0 Å². The van der Waals surface area contributed by atoms with E-state index < -0.39 is 10.0 Å². The average molecular weight is 359 g/mol. The van der Waals surface area contributed by atoms with Gasteiger partial charge in [-0.2, -0.15) is 0 Å². The van der Waals surface area contributed by atoms with Gasteiger partial charge < -0.3 is 0 Å². The van der Waals surface area contributed by atoms with E-state index in [2.05, 4.69) is 14.7 Å². The highest BCUT2D eigenvalue weighted by Gasteiger charge is 2.12. The number of benzene rings is 1. The van der Waals surface area contributed by atoms with Crippen LogP contribution in [0.25, 0.3) is 11.3 Å². The highest BCUT2D eigenvalue weighted by Crippen LogP contribution is 2.21. The van der Waals surface area contributed by atoms with E-state index in [9.17, 15) is 8.42 Å². The van der Waals surface area contributed by atoms with Crippen LogP contribution in [0.2, 0.25) is 0 Å². The molecule has 0 fully saturated rings. The highest BCUT2D eigenvalue weighted by atomic mass is 32.2. The van der Waals surface area contributed by atoms with E-state index in [-0.39, 0.29) is 5.75 Å². The lowest BCUT2D eigenvalue weighted by Gasteiger charge is -2.09. The number of nitrogens with zero attached hydrogens (tertiary/aromatic N) is 2. The number of rotatable bonds is 6. The zero-order valence-corrected chi connectivity index (χ0v) is 14.8. The van der Waals surface area contributed by atoms with Gasteiger partial charge >= 0.3 is 0 Å². The van der Waals surface area contributed by atoms with Crippen LogP contribution in [0.5, 0.6) is 0 Å². The van der Waals surface area contributed by atoms with Gasteiger partial charge in [-0.25, -0.2) is 18.4 Å². The lowest BCUT2D eigenvalue weighted by Crippen LogP contribution is -2.17. The molecular weight excluding hydrogens is 342 g/mol. The minimum absolute atomic E-state index is 0.0599. The van der Waals surface area contributed by atoms with Crippen LogP contribution in [-0.2, 0) is 16.4 Å². The molecule has 0 aliphatic rings. The van der Waals surface area contributed by atoms with Gasteiger partial charge in [0.1, 0.15) is 5.82 Å². The largest absolute Gasteiger partial charge is 0.284 e. The topological polar surface area (TPSA) is 72.0 Å². The van der Waals surface area contributed by atoms with Crippen LogP contribution in [0, 0.1) is 6.92 Å². The summed E-state index contributed by atoms with van der Waals surface area (Å²) in [5.41, 5.74) is 2.15. The molecule has 5 nitrogen and oxygen atoms in total. The van der Waals surface area contributed by atoms with Gasteiger partial charge in [-0.05, 0) is 43.0 Å². The summed E-state index contributed by atoms with van der Waals surface area (Å²) in [5, 5.41) is 1.95. The van der Waals surface area contributed by atoms with Gasteiger partial charge in [0.25, 0.3) is 0 Å². The Hall–Kier alpha value is -2.25. The van der Waals surface area contributed by atoms with Gasteiger partial charge in [-0.3, -0.25) is 4.72 Å².